The fourth-order valence-electron chi connectivity index (χ4n) is 1.11. The molecule has 0 bridgehead atoms. The van der Waals surface area contributed by atoms with E-state index in [1.807, 2.05) is 0 Å². The fraction of sp³-hybridized carbons (Fsp3) is 0.800. The topological polar surface area (TPSA) is 12.0 Å². The van der Waals surface area contributed by atoms with E-state index < -0.39 is 0 Å². The fourth-order valence-corrected chi connectivity index (χ4v) is 1.11. The highest BCUT2D eigenvalue weighted by molar-refractivity contribution is 5.14. The highest BCUT2D eigenvalue weighted by Gasteiger charge is 2.11. The van der Waals surface area contributed by atoms with Crippen molar-refractivity contribution in [2.75, 3.05) is 6.54 Å². The van der Waals surface area contributed by atoms with Gasteiger partial charge < -0.3 is 5.32 Å². The van der Waals surface area contributed by atoms with Gasteiger partial charge in [0.2, 0.25) is 0 Å². The molecule has 0 radical (unpaired) electrons. The molecule has 1 fully saturated rings. The van der Waals surface area contributed by atoms with E-state index in [1.54, 1.807) is 0 Å². The molecule has 0 saturated carbocycles. The van der Waals surface area contributed by atoms with Gasteiger partial charge in [-0.1, -0.05) is 11.8 Å². The van der Waals surface area contributed by atoms with Crippen molar-refractivity contribution in [1.29, 1.82) is 0 Å². The molecule has 1 saturated heterocycles. The lowest BCUT2D eigenvalue weighted by molar-refractivity contribution is 0.568. The number of hydrogen-bond donors (Lipinski definition) is 1. The van der Waals surface area contributed by atoms with Gasteiger partial charge in [0, 0.05) is 5.41 Å². The Morgan fingerprint density at radius 3 is 2.55 bits per heavy atom. The summed E-state index contributed by atoms with van der Waals surface area (Å²) < 4.78 is 0. The molecule has 11 heavy (non-hydrogen) atoms. The van der Waals surface area contributed by atoms with Crippen molar-refractivity contribution in [3.8, 4) is 11.8 Å². The highest BCUT2D eigenvalue weighted by Crippen LogP contribution is 2.11. The maximum absolute atomic E-state index is 3.36. The lowest BCUT2D eigenvalue weighted by Crippen LogP contribution is -2.19. The average molecular weight is 151 g/mol. The Hall–Kier alpha value is -0.480. The Bertz CT molecular complexity index is 171. The number of rotatable bonds is 0. The summed E-state index contributed by atoms with van der Waals surface area (Å²) in [4.78, 5) is 0. The van der Waals surface area contributed by atoms with Crippen molar-refractivity contribution in [2.24, 2.45) is 5.41 Å². The lowest BCUT2D eigenvalue weighted by Gasteiger charge is -2.08. The van der Waals surface area contributed by atoms with Gasteiger partial charge in [0.05, 0.1) is 6.04 Å². The SMILES string of the molecule is CC(C)(C)C#C[C@@H]1CCCN1. The Kier molecular flexibility index (Phi) is 2.57. The smallest absolute Gasteiger partial charge is 0.0690 e. The van der Waals surface area contributed by atoms with E-state index in [-0.39, 0.29) is 5.41 Å². The predicted molar refractivity (Wildman–Crippen MR) is 48.3 cm³/mol. The summed E-state index contributed by atoms with van der Waals surface area (Å²) in [6, 6.07) is 0.467. The van der Waals surface area contributed by atoms with Gasteiger partial charge in [-0.05, 0) is 40.2 Å². The summed E-state index contributed by atoms with van der Waals surface area (Å²) in [5.41, 5.74) is 0.157. The van der Waals surface area contributed by atoms with E-state index in [0.29, 0.717) is 6.04 Å². The van der Waals surface area contributed by atoms with Crippen LogP contribution in [0.25, 0.3) is 0 Å². The van der Waals surface area contributed by atoms with Crippen LogP contribution in [-0.2, 0) is 0 Å². The summed E-state index contributed by atoms with van der Waals surface area (Å²) in [5, 5.41) is 3.36. The quantitative estimate of drug-likeness (QED) is 0.520. The molecule has 0 aromatic heterocycles. The van der Waals surface area contributed by atoms with E-state index in [9.17, 15) is 0 Å². The van der Waals surface area contributed by atoms with Gasteiger partial charge in [-0.25, -0.2) is 0 Å². The van der Waals surface area contributed by atoms with Crippen LogP contribution >= 0.6 is 0 Å². The van der Waals surface area contributed by atoms with Crippen molar-refractivity contribution in [2.45, 2.75) is 39.7 Å². The summed E-state index contributed by atoms with van der Waals surface area (Å²) in [5.74, 6) is 6.51. The summed E-state index contributed by atoms with van der Waals surface area (Å²) >= 11 is 0. The molecule has 1 atom stereocenters. The van der Waals surface area contributed by atoms with Crippen LogP contribution in [-0.4, -0.2) is 12.6 Å². The lowest BCUT2D eigenvalue weighted by atomic mass is 9.97. The molecule has 1 N–H and O–H groups in total. The first kappa shape index (κ1) is 8.62. The maximum Gasteiger partial charge on any atom is 0.0690 e. The first-order chi connectivity index (χ1) is 5.08. The minimum Gasteiger partial charge on any atom is -0.304 e. The van der Waals surface area contributed by atoms with Crippen LogP contribution < -0.4 is 5.32 Å². The van der Waals surface area contributed by atoms with E-state index in [2.05, 4.69) is 37.9 Å². The van der Waals surface area contributed by atoms with Gasteiger partial charge in [0.15, 0.2) is 0 Å². The third-order valence-electron chi connectivity index (χ3n) is 1.68. The van der Waals surface area contributed by atoms with Crippen molar-refractivity contribution in [3.63, 3.8) is 0 Å². The molecule has 0 unspecified atom stereocenters. The van der Waals surface area contributed by atoms with Crippen molar-refractivity contribution in [3.05, 3.63) is 0 Å². The van der Waals surface area contributed by atoms with E-state index in [4.69, 9.17) is 0 Å². The van der Waals surface area contributed by atoms with Crippen LogP contribution in [0.5, 0.6) is 0 Å². The van der Waals surface area contributed by atoms with Crippen molar-refractivity contribution >= 4 is 0 Å². The van der Waals surface area contributed by atoms with Gasteiger partial charge in [-0.2, -0.15) is 0 Å². The molecule has 1 rings (SSSR count). The Morgan fingerprint density at radius 1 is 1.36 bits per heavy atom. The molecule has 1 aliphatic rings. The molecule has 0 aromatic rings. The van der Waals surface area contributed by atoms with Crippen LogP contribution in [0.2, 0.25) is 0 Å². The van der Waals surface area contributed by atoms with Crippen molar-refractivity contribution < 1.29 is 0 Å². The third kappa shape index (κ3) is 3.43. The minimum absolute atomic E-state index is 0.157. The zero-order chi connectivity index (χ0) is 8.32. The molecule has 1 heteroatoms. The zero-order valence-corrected chi connectivity index (χ0v) is 7.70. The standard InChI is InChI=1S/C10H17N/c1-10(2,3)7-6-9-5-4-8-11-9/h9,11H,4-5,8H2,1-3H3/t9-/m0/s1. The molecule has 1 nitrogen and oxygen atoms in total. The molecular weight excluding hydrogens is 134 g/mol. The van der Waals surface area contributed by atoms with Gasteiger partial charge in [0.25, 0.3) is 0 Å². The number of hydrogen-bond acceptors (Lipinski definition) is 1. The van der Waals surface area contributed by atoms with Gasteiger partial charge in [0.1, 0.15) is 0 Å². The molecule has 0 aliphatic carbocycles. The summed E-state index contributed by atoms with van der Waals surface area (Å²) in [7, 11) is 0. The second kappa shape index (κ2) is 3.28. The molecule has 1 aliphatic heterocycles. The Balaban J connectivity index is 2.42. The first-order valence-electron chi connectivity index (χ1n) is 4.34. The second-order valence-electron chi connectivity index (χ2n) is 4.17. The van der Waals surface area contributed by atoms with Crippen LogP contribution in [0.3, 0.4) is 0 Å². The first-order valence-corrected chi connectivity index (χ1v) is 4.34. The van der Waals surface area contributed by atoms with Crippen LogP contribution in [0.4, 0.5) is 0 Å². The van der Waals surface area contributed by atoms with Crippen LogP contribution in [0.1, 0.15) is 33.6 Å². The third-order valence-corrected chi connectivity index (χ3v) is 1.68. The molecule has 0 amide bonds. The number of nitrogens with one attached hydrogen (secondary N) is 1. The van der Waals surface area contributed by atoms with Gasteiger partial charge in [-0.3, -0.25) is 0 Å². The van der Waals surface area contributed by atoms with Gasteiger partial charge in [-0.15, -0.1) is 0 Å². The predicted octanol–water partition coefficient (Wildman–Crippen LogP) is 1.79. The van der Waals surface area contributed by atoms with Crippen molar-refractivity contribution in [1.82, 2.24) is 5.32 Å². The molecule has 1 heterocycles. The zero-order valence-electron chi connectivity index (χ0n) is 7.70. The van der Waals surface area contributed by atoms with E-state index in [0.717, 1.165) is 6.54 Å². The van der Waals surface area contributed by atoms with Gasteiger partial charge >= 0.3 is 0 Å². The summed E-state index contributed by atoms with van der Waals surface area (Å²) in [6.45, 7) is 7.59. The second-order valence-corrected chi connectivity index (χ2v) is 4.17. The normalized spacial score (nSPS) is 24.5. The molecular formula is C10H17N. The largest absolute Gasteiger partial charge is 0.304 e. The highest BCUT2D eigenvalue weighted by atomic mass is 14.9. The summed E-state index contributed by atoms with van der Waals surface area (Å²) in [6.07, 6.45) is 2.51. The van der Waals surface area contributed by atoms with Crippen LogP contribution in [0, 0.1) is 17.3 Å². The Labute approximate surface area is 69.6 Å². The van der Waals surface area contributed by atoms with E-state index in [1.165, 1.54) is 12.8 Å². The Morgan fingerprint density at radius 2 is 2.09 bits per heavy atom. The van der Waals surface area contributed by atoms with Crippen LogP contribution in [0.15, 0.2) is 0 Å². The average Bonchev–Trinajstić information content (AvgIpc) is 2.32. The molecule has 62 valence electrons. The molecule has 0 spiro atoms. The molecule has 0 aromatic carbocycles. The minimum atomic E-state index is 0.157. The maximum atomic E-state index is 3.36. The van der Waals surface area contributed by atoms with E-state index >= 15 is 0 Å². The monoisotopic (exact) mass is 151 g/mol.